The van der Waals surface area contributed by atoms with E-state index < -0.39 is 36.0 Å². The molecule has 14 heteroatoms. The Morgan fingerprint density at radius 3 is 1.73 bits per heavy atom. The van der Waals surface area contributed by atoms with Gasteiger partial charge >= 0.3 is 23.9 Å². The molecule has 1 heterocycles. The Labute approximate surface area is 259 Å². The average Bonchev–Trinajstić information content (AvgIpc) is 2.98. The first-order valence-corrected chi connectivity index (χ1v) is 15.0. The summed E-state index contributed by atoms with van der Waals surface area (Å²) in [5.41, 5.74) is 0.796. The van der Waals surface area contributed by atoms with Crippen LogP contribution in [0.25, 0.3) is 0 Å². The van der Waals surface area contributed by atoms with Gasteiger partial charge in [-0.15, -0.1) is 0 Å². The van der Waals surface area contributed by atoms with Gasteiger partial charge in [-0.25, -0.2) is 0 Å². The van der Waals surface area contributed by atoms with E-state index in [4.69, 9.17) is 14.2 Å². The van der Waals surface area contributed by atoms with Crippen LogP contribution < -0.4 is 4.74 Å². The van der Waals surface area contributed by atoms with Gasteiger partial charge in [0.2, 0.25) is 0 Å². The van der Waals surface area contributed by atoms with Crippen molar-refractivity contribution in [3.8, 4) is 5.75 Å². The van der Waals surface area contributed by atoms with E-state index in [1.807, 2.05) is 24.0 Å². The summed E-state index contributed by atoms with van der Waals surface area (Å²) in [6, 6.07) is 5.54. The van der Waals surface area contributed by atoms with E-state index in [0.29, 0.717) is 58.2 Å². The molecule has 248 valence electrons. The molecule has 0 saturated carbocycles. The monoisotopic (exact) mass is 624 g/mol. The molecule has 0 amide bonds. The SMILES string of the molecule is CCOCCOc1ccc(C[C@@H](C(=O)O)N2CCN(CC(=O)O)CCN(C(CC)C(=O)O)CCN(CC(=O)OC)CC2)cc1. The maximum atomic E-state index is 12.6. The highest BCUT2D eigenvalue weighted by Crippen LogP contribution is 2.17. The van der Waals surface area contributed by atoms with E-state index in [0.717, 1.165) is 5.56 Å². The van der Waals surface area contributed by atoms with E-state index in [9.17, 15) is 34.5 Å². The Bertz CT molecular complexity index is 1040. The van der Waals surface area contributed by atoms with Gasteiger partial charge in [0.25, 0.3) is 0 Å². The van der Waals surface area contributed by atoms with Gasteiger partial charge in [-0.05, 0) is 37.5 Å². The Hall–Kier alpha value is -3.30. The summed E-state index contributed by atoms with van der Waals surface area (Å²) < 4.78 is 15.8. The fourth-order valence-corrected chi connectivity index (χ4v) is 5.17. The molecule has 1 aromatic rings. The topological polar surface area (TPSA) is 170 Å². The molecule has 0 bridgehead atoms. The van der Waals surface area contributed by atoms with Crippen LogP contribution >= 0.6 is 0 Å². The summed E-state index contributed by atoms with van der Waals surface area (Å²) >= 11 is 0. The Balaban J connectivity index is 2.29. The molecular formula is C30H48N4O10. The van der Waals surface area contributed by atoms with Crippen molar-refractivity contribution in [2.75, 3.05) is 92.4 Å². The zero-order valence-corrected chi connectivity index (χ0v) is 26.1. The predicted molar refractivity (Wildman–Crippen MR) is 161 cm³/mol. The lowest BCUT2D eigenvalue weighted by Crippen LogP contribution is -2.53. The Morgan fingerprint density at radius 1 is 0.750 bits per heavy atom. The summed E-state index contributed by atoms with van der Waals surface area (Å²) in [6.45, 7) is 7.23. The third kappa shape index (κ3) is 13.1. The maximum Gasteiger partial charge on any atom is 0.321 e. The average molecular weight is 625 g/mol. The number of esters is 1. The van der Waals surface area contributed by atoms with Crippen molar-refractivity contribution in [2.45, 2.75) is 38.8 Å². The normalized spacial score (nSPS) is 18.0. The van der Waals surface area contributed by atoms with Crippen molar-refractivity contribution in [2.24, 2.45) is 0 Å². The summed E-state index contributed by atoms with van der Waals surface area (Å²) in [7, 11) is 1.29. The van der Waals surface area contributed by atoms with Gasteiger partial charge in [-0.3, -0.25) is 38.8 Å². The number of aliphatic carboxylic acids is 3. The molecule has 1 aliphatic rings. The molecule has 0 spiro atoms. The number of carboxylic acids is 3. The summed E-state index contributed by atoms with van der Waals surface area (Å²) in [5.74, 6) is -2.81. The fourth-order valence-electron chi connectivity index (χ4n) is 5.17. The molecule has 0 radical (unpaired) electrons. The number of benzene rings is 1. The molecular weight excluding hydrogens is 576 g/mol. The first-order valence-electron chi connectivity index (χ1n) is 15.0. The van der Waals surface area contributed by atoms with Crippen molar-refractivity contribution < 1.29 is 48.7 Å². The van der Waals surface area contributed by atoms with Gasteiger partial charge in [-0.2, -0.15) is 0 Å². The van der Waals surface area contributed by atoms with Crippen LogP contribution in [0.4, 0.5) is 0 Å². The van der Waals surface area contributed by atoms with Gasteiger partial charge in [0.05, 0.1) is 26.8 Å². The number of carbonyl (C=O) groups excluding carboxylic acids is 1. The van der Waals surface area contributed by atoms with E-state index in [1.165, 1.54) is 7.11 Å². The molecule has 1 fully saturated rings. The molecule has 1 unspecified atom stereocenters. The first-order chi connectivity index (χ1) is 21.1. The lowest BCUT2D eigenvalue weighted by atomic mass is 10.0. The highest BCUT2D eigenvalue weighted by atomic mass is 16.5. The first kappa shape index (κ1) is 36.9. The minimum absolute atomic E-state index is 0.0321. The lowest BCUT2D eigenvalue weighted by molar-refractivity contribution is -0.146. The Morgan fingerprint density at radius 2 is 1.27 bits per heavy atom. The van der Waals surface area contributed by atoms with Crippen LogP contribution in [0, 0.1) is 0 Å². The highest BCUT2D eigenvalue weighted by Gasteiger charge is 2.30. The molecule has 2 rings (SSSR count). The third-order valence-electron chi connectivity index (χ3n) is 7.64. The number of rotatable bonds is 16. The number of hydrogen-bond donors (Lipinski definition) is 3. The molecule has 1 saturated heterocycles. The van der Waals surface area contributed by atoms with Gasteiger partial charge in [0.1, 0.15) is 24.4 Å². The lowest BCUT2D eigenvalue weighted by Gasteiger charge is -2.37. The molecule has 44 heavy (non-hydrogen) atoms. The second-order valence-corrected chi connectivity index (χ2v) is 10.6. The van der Waals surface area contributed by atoms with Gasteiger partial charge in [0.15, 0.2) is 0 Å². The molecule has 1 aliphatic heterocycles. The van der Waals surface area contributed by atoms with Crippen molar-refractivity contribution >= 4 is 23.9 Å². The van der Waals surface area contributed by atoms with Crippen molar-refractivity contribution in [1.82, 2.24) is 19.6 Å². The van der Waals surface area contributed by atoms with Crippen LogP contribution in [0.5, 0.6) is 5.75 Å². The minimum atomic E-state index is -1.02. The zero-order chi connectivity index (χ0) is 32.5. The highest BCUT2D eigenvalue weighted by molar-refractivity contribution is 5.74. The van der Waals surface area contributed by atoms with Crippen LogP contribution in [0.1, 0.15) is 25.8 Å². The van der Waals surface area contributed by atoms with Crippen LogP contribution in [0.3, 0.4) is 0 Å². The van der Waals surface area contributed by atoms with Crippen molar-refractivity contribution in [3.05, 3.63) is 29.8 Å². The van der Waals surface area contributed by atoms with Gasteiger partial charge < -0.3 is 29.5 Å². The fraction of sp³-hybridized carbons (Fsp3) is 0.667. The molecule has 0 aliphatic carbocycles. The minimum Gasteiger partial charge on any atom is -0.491 e. The van der Waals surface area contributed by atoms with Gasteiger partial charge in [0, 0.05) is 59.0 Å². The molecule has 0 aromatic heterocycles. The van der Waals surface area contributed by atoms with E-state index >= 15 is 0 Å². The summed E-state index contributed by atoms with van der Waals surface area (Å²) in [6.07, 6.45) is 0.564. The number of carboxylic acid groups (broad SMARTS) is 3. The third-order valence-corrected chi connectivity index (χ3v) is 7.64. The number of carbonyl (C=O) groups is 4. The molecule has 1 aromatic carbocycles. The Kier molecular flexibility index (Phi) is 16.7. The number of methoxy groups -OCH3 is 1. The summed E-state index contributed by atoms with van der Waals surface area (Å²) in [4.78, 5) is 55.6. The molecule has 2 atom stereocenters. The smallest absolute Gasteiger partial charge is 0.321 e. The van der Waals surface area contributed by atoms with Crippen LogP contribution in [-0.2, 0) is 35.1 Å². The second kappa shape index (κ2) is 19.9. The van der Waals surface area contributed by atoms with Crippen molar-refractivity contribution in [3.63, 3.8) is 0 Å². The second-order valence-electron chi connectivity index (χ2n) is 10.6. The quantitative estimate of drug-likeness (QED) is 0.171. The number of ether oxygens (including phenoxy) is 3. The van der Waals surface area contributed by atoms with E-state index in [2.05, 4.69) is 0 Å². The standard InChI is InChI=1S/C30H48N4O10/c1-4-25(29(38)39)33-14-10-31(21-27(35)36)11-16-34(17-13-32(12-15-33)22-28(37)42-3)26(30(40)41)20-23-6-8-24(9-7-23)44-19-18-43-5-2/h6-9,25-26H,4-5,10-22H2,1-3H3,(H,35,36)(H,38,39)(H,40,41)/t25?,26-/m0/s1. The van der Waals surface area contributed by atoms with Crippen LogP contribution in [-0.4, -0.2) is 163 Å². The number of hydrogen-bond acceptors (Lipinski definition) is 11. The van der Waals surface area contributed by atoms with E-state index in [1.54, 1.807) is 33.8 Å². The van der Waals surface area contributed by atoms with Crippen LogP contribution in [0.2, 0.25) is 0 Å². The molecule has 14 nitrogen and oxygen atoms in total. The largest absolute Gasteiger partial charge is 0.491 e. The zero-order valence-electron chi connectivity index (χ0n) is 26.1. The predicted octanol–water partition coefficient (Wildman–Crippen LogP) is 0.440. The number of nitrogens with zero attached hydrogens (tertiary/aromatic N) is 4. The van der Waals surface area contributed by atoms with Crippen LogP contribution in [0.15, 0.2) is 24.3 Å². The summed E-state index contributed by atoms with van der Waals surface area (Å²) in [5, 5.41) is 29.6. The van der Waals surface area contributed by atoms with Crippen molar-refractivity contribution in [1.29, 1.82) is 0 Å². The maximum absolute atomic E-state index is 12.6. The van der Waals surface area contributed by atoms with Gasteiger partial charge in [-0.1, -0.05) is 19.1 Å². The molecule has 3 N–H and O–H groups in total. The van der Waals surface area contributed by atoms with E-state index in [-0.39, 0.29) is 45.7 Å².